The number of rotatable bonds is 5. The molecule has 1 rings (SSSR count). The Bertz CT molecular complexity index is 381. The zero-order valence-electron chi connectivity index (χ0n) is 8.49. The molecular weight excluding hydrogens is 218 g/mol. The third-order valence-corrected chi connectivity index (χ3v) is 3.83. The van der Waals surface area contributed by atoms with E-state index in [2.05, 4.69) is 11.9 Å². The van der Waals surface area contributed by atoms with Gasteiger partial charge in [-0.2, -0.15) is 0 Å². The fourth-order valence-corrected chi connectivity index (χ4v) is 3.35. The molecule has 0 aliphatic rings. The fraction of sp³-hybridized carbons (Fsp3) is 0.667. The predicted octanol–water partition coefficient (Wildman–Crippen LogP) is 2.03. The number of aromatic nitrogens is 1. The molecule has 0 spiro atoms. The molecule has 0 fully saturated rings. The number of nitrogens with zero attached hydrogens (tertiary/aromatic N) is 1. The number of unbranched alkanes of at least 4 members (excludes halogenated alkanes) is 1. The van der Waals surface area contributed by atoms with Gasteiger partial charge >= 0.3 is 0 Å². The Labute approximate surface area is 89.1 Å². The Morgan fingerprint density at radius 1 is 1.50 bits per heavy atom. The lowest BCUT2D eigenvalue weighted by Crippen LogP contribution is -1.98. The number of aryl methyl sites for hydroxylation is 1. The molecule has 0 radical (unpaired) electrons. The van der Waals surface area contributed by atoms with Crippen LogP contribution < -0.4 is 0 Å². The van der Waals surface area contributed by atoms with Gasteiger partial charge in [0.2, 0.25) is 0 Å². The van der Waals surface area contributed by atoms with Crippen molar-refractivity contribution in [2.24, 2.45) is 0 Å². The highest BCUT2D eigenvalue weighted by Gasteiger charge is 2.08. The van der Waals surface area contributed by atoms with Crippen molar-refractivity contribution < 1.29 is 8.42 Å². The van der Waals surface area contributed by atoms with Crippen LogP contribution in [0, 0.1) is 0 Å². The molecule has 0 atom stereocenters. The number of hydrogen-bond acceptors (Lipinski definition) is 4. The molecular formula is C9H15NO2S2. The van der Waals surface area contributed by atoms with Crippen molar-refractivity contribution in [1.82, 2.24) is 4.98 Å². The summed E-state index contributed by atoms with van der Waals surface area (Å²) in [7, 11) is -2.91. The molecule has 0 aliphatic carbocycles. The predicted molar refractivity (Wildman–Crippen MR) is 59.3 cm³/mol. The highest BCUT2D eigenvalue weighted by Crippen LogP contribution is 2.17. The van der Waals surface area contributed by atoms with Crippen LogP contribution in [0.1, 0.15) is 29.7 Å². The normalized spacial score (nSPS) is 11.9. The molecule has 0 bridgehead atoms. The van der Waals surface area contributed by atoms with E-state index in [0.717, 1.165) is 29.1 Å². The Balaban J connectivity index is 2.59. The summed E-state index contributed by atoms with van der Waals surface area (Å²) in [6.45, 7) is 2.13. The van der Waals surface area contributed by atoms with Crippen LogP contribution in [0.2, 0.25) is 0 Å². The zero-order chi connectivity index (χ0) is 10.6. The van der Waals surface area contributed by atoms with Crippen molar-refractivity contribution in [1.29, 1.82) is 0 Å². The third-order valence-electron chi connectivity index (χ3n) is 1.75. The van der Waals surface area contributed by atoms with Crippen molar-refractivity contribution in [2.75, 3.05) is 6.26 Å². The SMILES string of the molecule is CCCCc1ncc(CS(C)(=O)=O)s1. The third kappa shape index (κ3) is 4.19. The van der Waals surface area contributed by atoms with Gasteiger partial charge in [0.1, 0.15) is 0 Å². The van der Waals surface area contributed by atoms with Crippen molar-refractivity contribution in [3.8, 4) is 0 Å². The van der Waals surface area contributed by atoms with Gasteiger partial charge in [-0.3, -0.25) is 0 Å². The van der Waals surface area contributed by atoms with Gasteiger partial charge in [0, 0.05) is 17.3 Å². The molecule has 5 heteroatoms. The van der Waals surface area contributed by atoms with Crippen LogP contribution in [0.15, 0.2) is 6.20 Å². The van der Waals surface area contributed by atoms with Crippen molar-refractivity contribution in [2.45, 2.75) is 31.9 Å². The van der Waals surface area contributed by atoms with E-state index in [1.807, 2.05) is 0 Å². The first-order valence-corrected chi connectivity index (χ1v) is 7.50. The van der Waals surface area contributed by atoms with Gasteiger partial charge < -0.3 is 0 Å². The zero-order valence-corrected chi connectivity index (χ0v) is 10.1. The minimum atomic E-state index is -2.91. The molecule has 0 N–H and O–H groups in total. The summed E-state index contributed by atoms with van der Waals surface area (Å²) in [6.07, 6.45) is 6.15. The molecule has 1 heterocycles. The minimum absolute atomic E-state index is 0.122. The number of thiazole rings is 1. The molecule has 80 valence electrons. The van der Waals surface area contributed by atoms with Gasteiger partial charge in [-0.15, -0.1) is 11.3 Å². The van der Waals surface area contributed by atoms with Crippen LogP contribution in [0.5, 0.6) is 0 Å². The molecule has 1 aromatic rings. The number of sulfone groups is 1. The summed E-state index contributed by atoms with van der Waals surface area (Å²) in [5.41, 5.74) is 0. The fourth-order valence-electron chi connectivity index (χ4n) is 1.12. The molecule has 14 heavy (non-hydrogen) atoms. The van der Waals surface area contributed by atoms with E-state index in [-0.39, 0.29) is 5.75 Å². The summed E-state index contributed by atoms with van der Waals surface area (Å²) < 4.78 is 22.0. The van der Waals surface area contributed by atoms with Gasteiger partial charge in [-0.1, -0.05) is 13.3 Å². The summed E-state index contributed by atoms with van der Waals surface area (Å²) in [5, 5.41) is 1.05. The first-order valence-electron chi connectivity index (χ1n) is 4.62. The molecule has 0 amide bonds. The lowest BCUT2D eigenvalue weighted by atomic mass is 10.3. The van der Waals surface area contributed by atoms with Crippen LogP contribution >= 0.6 is 11.3 Å². The maximum absolute atomic E-state index is 11.0. The van der Waals surface area contributed by atoms with E-state index in [1.165, 1.54) is 17.6 Å². The summed E-state index contributed by atoms with van der Waals surface area (Å²) in [4.78, 5) is 5.04. The lowest BCUT2D eigenvalue weighted by Gasteiger charge is -1.92. The maximum atomic E-state index is 11.0. The van der Waals surface area contributed by atoms with E-state index in [0.29, 0.717) is 0 Å². The van der Waals surface area contributed by atoms with Gasteiger partial charge in [0.25, 0.3) is 0 Å². The van der Waals surface area contributed by atoms with Gasteiger partial charge in [-0.25, -0.2) is 13.4 Å². The van der Waals surface area contributed by atoms with Gasteiger partial charge in [0.05, 0.1) is 10.8 Å². The van der Waals surface area contributed by atoms with Crippen LogP contribution in [-0.2, 0) is 22.0 Å². The van der Waals surface area contributed by atoms with Crippen LogP contribution in [0.4, 0.5) is 0 Å². The quantitative estimate of drug-likeness (QED) is 0.782. The molecule has 0 saturated carbocycles. The smallest absolute Gasteiger partial charge is 0.152 e. The summed E-state index contributed by atoms with van der Waals surface area (Å²) in [6, 6.07) is 0. The Morgan fingerprint density at radius 3 is 2.79 bits per heavy atom. The Kier molecular flexibility index (Phi) is 4.07. The van der Waals surface area contributed by atoms with E-state index in [9.17, 15) is 8.42 Å². The Hall–Kier alpha value is -0.420. The van der Waals surface area contributed by atoms with Crippen molar-refractivity contribution >= 4 is 21.2 Å². The van der Waals surface area contributed by atoms with E-state index < -0.39 is 9.84 Å². The highest BCUT2D eigenvalue weighted by molar-refractivity contribution is 7.90. The van der Waals surface area contributed by atoms with E-state index in [4.69, 9.17) is 0 Å². The number of hydrogen-bond donors (Lipinski definition) is 0. The standard InChI is InChI=1S/C9H15NO2S2/c1-3-4-5-9-10-6-8(13-9)7-14(2,11)12/h6H,3-5,7H2,1-2H3. The average Bonchev–Trinajstić information content (AvgIpc) is 2.46. The first-order chi connectivity index (χ1) is 6.51. The van der Waals surface area contributed by atoms with Gasteiger partial charge in [-0.05, 0) is 12.8 Å². The Morgan fingerprint density at radius 2 is 2.21 bits per heavy atom. The van der Waals surface area contributed by atoms with Crippen LogP contribution in [0.3, 0.4) is 0 Å². The molecule has 0 saturated heterocycles. The minimum Gasteiger partial charge on any atom is -0.249 e. The second kappa shape index (κ2) is 4.89. The second-order valence-electron chi connectivity index (χ2n) is 3.39. The molecule has 0 unspecified atom stereocenters. The molecule has 0 aliphatic heterocycles. The molecule has 1 aromatic heterocycles. The van der Waals surface area contributed by atoms with Gasteiger partial charge in [0.15, 0.2) is 9.84 Å². The maximum Gasteiger partial charge on any atom is 0.152 e. The van der Waals surface area contributed by atoms with Crippen LogP contribution in [0.25, 0.3) is 0 Å². The molecule has 3 nitrogen and oxygen atoms in total. The average molecular weight is 233 g/mol. The second-order valence-corrected chi connectivity index (χ2v) is 6.73. The van der Waals surface area contributed by atoms with Crippen LogP contribution in [-0.4, -0.2) is 19.7 Å². The summed E-state index contributed by atoms with van der Waals surface area (Å²) in [5.74, 6) is 0.122. The highest BCUT2D eigenvalue weighted by atomic mass is 32.2. The van der Waals surface area contributed by atoms with E-state index in [1.54, 1.807) is 6.20 Å². The first kappa shape index (κ1) is 11.7. The summed E-state index contributed by atoms with van der Waals surface area (Å²) >= 11 is 1.51. The van der Waals surface area contributed by atoms with Crippen molar-refractivity contribution in [3.05, 3.63) is 16.1 Å². The lowest BCUT2D eigenvalue weighted by molar-refractivity contribution is 0.601. The molecule has 0 aromatic carbocycles. The van der Waals surface area contributed by atoms with Crippen molar-refractivity contribution in [3.63, 3.8) is 0 Å². The van der Waals surface area contributed by atoms with E-state index >= 15 is 0 Å². The topological polar surface area (TPSA) is 47.0 Å². The monoisotopic (exact) mass is 233 g/mol. The largest absolute Gasteiger partial charge is 0.249 e.